The number of fused-ring (bicyclic) bond motifs is 1. The van der Waals surface area contributed by atoms with E-state index in [2.05, 4.69) is 15.0 Å². The molecule has 0 saturated carbocycles. The molecule has 2 N–H and O–H groups in total. The lowest BCUT2D eigenvalue weighted by molar-refractivity contribution is -0.142. The van der Waals surface area contributed by atoms with E-state index in [0.29, 0.717) is 11.3 Å². The van der Waals surface area contributed by atoms with Crippen molar-refractivity contribution >= 4 is 11.9 Å². The molecule has 0 bridgehead atoms. The third-order valence-electron chi connectivity index (χ3n) is 3.35. The van der Waals surface area contributed by atoms with Crippen molar-refractivity contribution in [3.05, 3.63) is 47.8 Å². The van der Waals surface area contributed by atoms with Crippen LogP contribution in [0.15, 0.2) is 30.9 Å². The van der Waals surface area contributed by atoms with Crippen LogP contribution in [0.2, 0.25) is 0 Å². The number of nitrogens with one attached hydrogen (secondary N) is 1. The number of H-pyrrole nitrogens is 1. The molecule has 0 aliphatic carbocycles. The zero-order chi connectivity index (χ0) is 14.1. The number of aromatic amines is 1. The Balaban J connectivity index is 1.95. The van der Waals surface area contributed by atoms with Gasteiger partial charge in [-0.05, 0) is 12.1 Å². The molecule has 1 amide bonds. The first-order valence-electron chi connectivity index (χ1n) is 6.11. The molecule has 3 heterocycles. The number of hydrogen-bond donors (Lipinski definition) is 2. The Hall–Kier alpha value is -2.70. The average Bonchev–Trinajstić information content (AvgIpc) is 2.93. The first-order valence-corrected chi connectivity index (χ1v) is 6.11. The van der Waals surface area contributed by atoms with Gasteiger partial charge in [0.05, 0.1) is 29.8 Å². The number of carbonyl (C=O) groups excluding carboxylic acids is 1. The normalized spacial score (nSPS) is 17.6. The SMILES string of the molecule is O=C(O)C1Cc2nc[nH]c2CN1C(=O)c1cccnc1. The summed E-state index contributed by atoms with van der Waals surface area (Å²) in [4.78, 5) is 36.1. The Labute approximate surface area is 114 Å². The lowest BCUT2D eigenvalue weighted by Gasteiger charge is -2.32. The Morgan fingerprint density at radius 3 is 3.00 bits per heavy atom. The molecule has 1 atom stereocenters. The number of carboxylic acid groups (broad SMARTS) is 1. The van der Waals surface area contributed by atoms with Gasteiger partial charge in [0.25, 0.3) is 5.91 Å². The number of carbonyl (C=O) groups is 2. The van der Waals surface area contributed by atoms with Crippen molar-refractivity contribution < 1.29 is 14.7 Å². The highest BCUT2D eigenvalue weighted by Crippen LogP contribution is 2.22. The number of aliphatic carboxylic acids is 1. The second kappa shape index (κ2) is 4.76. The first-order chi connectivity index (χ1) is 9.66. The van der Waals surface area contributed by atoms with E-state index in [4.69, 9.17) is 0 Å². The molecule has 7 nitrogen and oxygen atoms in total. The van der Waals surface area contributed by atoms with Gasteiger partial charge in [0.15, 0.2) is 0 Å². The summed E-state index contributed by atoms with van der Waals surface area (Å²) < 4.78 is 0. The van der Waals surface area contributed by atoms with Crippen molar-refractivity contribution in [2.45, 2.75) is 19.0 Å². The first kappa shape index (κ1) is 12.3. The minimum atomic E-state index is -1.03. The van der Waals surface area contributed by atoms with Crippen molar-refractivity contribution in [2.24, 2.45) is 0 Å². The fourth-order valence-electron chi connectivity index (χ4n) is 2.33. The van der Waals surface area contributed by atoms with Crippen molar-refractivity contribution in [3.8, 4) is 0 Å². The van der Waals surface area contributed by atoms with Crippen LogP contribution in [0.3, 0.4) is 0 Å². The van der Waals surface area contributed by atoms with Crippen molar-refractivity contribution in [2.75, 3.05) is 0 Å². The van der Waals surface area contributed by atoms with E-state index >= 15 is 0 Å². The summed E-state index contributed by atoms with van der Waals surface area (Å²) in [5, 5.41) is 9.32. The largest absolute Gasteiger partial charge is 0.480 e. The van der Waals surface area contributed by atoms with Gasteiger partial charge in [-0.3, -0.25) is 9.78 Å². The summed E-state index contributed by atoms with van der Waals surface area (Å²) in [7, 11) is 0. The molecular weight excluding hydrogens is 260 g/mol. The van der Waals surface area contributed by atoms with Crippen LogP contribution < -0.4 is 0 Å². The van der Waals surface area contributed by atoms with Gasteiger partial charge < -0.3 is 15.0 Å². The van der Waals surface area contributed by atoms with Gasteiger partial charge >= 0.3 is 5.97 Å². The molecule has 0 radical (unpaired) electrons. The van der Waals surface area contributed by atoms with E-state index in [-0.39, 0.29) is 18.9 Å². The Morgan fingerprint density at radius 2 is 2.30 bits per heavy atom. The van der Waals surface area contributed by atoms with E-state index in [1.54, 1.807) is 18.3 Å². The van der Waals surface area contributed by atoms with E-state index in [9.17, 15) is 14.7 Å². The standard InChI is InChI=1S/C13H12N4O3/c18-12(8-2-1-3-14-5-8)17-6-10-9(15-7-16-10)4-11(17)13(19)20/h1-3,5,7,11H,4,6H2,(H,15,16)(H,19,20). The number of imidazole rings is 1. The minimum absolute atomic E-state index is 0.208. The average molecular weight is 272 g/mol. The number of amides is 1. The summed E-state index contributed by atoms with van der Waals surface area (Å²) >= 11 is 0. The zero-order valence-corrected chi connectivity index (χ0v) is 10.5. The summed E-state index contributed by atoms with van der Waals surface area (Å²) in [6, 6.07) is 2.36. The van der Waals surface area contributed by atoms with Crippen LogP contribution in [0, 0.1) is 0 Å². The lowest BCUT2D eigenvalue weighted by atomic mass is 10.0. The smallest absolute Gasteiger partial charge is 0.326 e. The van der Waals surface area contributed by atoms with Gasteiger partial charge in [-0.25, -0.2) is 9.78 Å². The highest BCUT2D eigenvalue weighted by molar-refractivity contribution is 5.96. The molecule has 3 rings (SSSR count). The number of carboxylic acids is 1. The maximum absolute atomic E-state index is 12.4. The topological polar surface area (TPSA) is 99.2 Å². The van der Waals surface area contributed by atoms with Crippen LogP contribution in [-0.4, -0.2) is 42.9 Å². The lowest BCUT2D eigenvalue weighted by Crippen LogP contribution is -2.48. The monoisotopic (exact) mass is 272 g/mol. The Bertz CT molecular complexity index is 653. The molecule has 0 spiro atoms. The molecule has 2 aromatic rings. The van der Waals surface area contributed by atoms with Gasteiger partial charge in [0.1, 0.15) is 6.04 Å². The fraction of sp³-hybridized carbons (Fsp3) is 0.231. The predicted octanol–water partition coefficient (Wildman–Crippen LogP) is 0.456. The molecule has 1 unspecified atom stereocenters. The molecule has 1 aliphatic heterocycles. The molecular formula is C13H12N4O3. The van der Waals surface area contributed by atoms with Gasteiger partial charge in [0.2, 0.25) is 0 Å². The molecule has 20 heavy (non-hydrogen) atoms. The van der Waals surface area contributed by atoms with Crippen LogP contribution in [0.4, 0.5) is 0 Å². The van der Waals surface area contributed by atoms with Crippen molar-refractivity contribution in [3.63, 3.8) is 0 Å². The van der Waals surface area contributed by atoms with Crippen LogP contribution >= 0.6 is 0 Å². The maximum Gasteiger partial charge on any atom is 0.326 e. The summed E-state index contributed by atoms with van der Waals surface area (Å²) in [5.74, 6) is -1.37. The highest BCUT2D eigenvalue weighted by atomic mass is 16.4. The van der Waals surface area contributed by atoms with Gasteiger partial charge in [-0.1, -0.05) is 0 Å². The number of rotatable bonds is 2. The molecule has 7 heteroatoms. The second-order valence-electron chi connectivity index (χ2n) is 4.56. The van der Waals surface area contributed by atoms with Gasteiger partial charge in [-0.2, -0.15) is 0 Å². The van der Waals surface area contributed by atoms with Gasteiger partial charge in [0, 0.05) is 18.8 Å². The third kappa shape index (κ3) is 2.03. The molecule has 0 aromatic carbocycles. The molecule has 0 saturated heterocycles. The number of hydrogen-bond acceptors (Lipinski definition) is 4. The van der Waals surface area contributed by atoms with E-state index in [0.717, 1.165) is 5.69 Å². The van der Waals surface area contributed by atoms with Crippen LogP contribution in [0.5, 0.6) is 0 Å². The number of aromatic nitrogens is 3. The quantitative estimate of drug-likeness (QED) is 0.827. The molecule has 0 fully saturated rings. The maximum atomic E-state index is 12.4. The predicted molar refractivity (Wildman–Crippen MR) is 67.8 cm³/mol. The van der Waals surface area contributed by atoms with Gasteiger partial charge in [-0.15, -0.1) is 0 Å². The van der Waals surface area contributed by atoms with Crippen LogP contribution in [0.25, 0.3) is 0 Å². The van der Waals surface area contributed by atoms with E-state index in [1.807, 2.05) is 0 Å². The van der Waals surface area contributed by atoms with Crippen molar-refractivity contribution in [1.29, 1.82) is 0 Å². The minimum Gasteiger partial charge on any atom is -0.480 e. The van der Waals surface area contributed by atoms with Crippen molar-refractivity contribution in [1.82, 2.24) is 19.9 Å². The third-order valence-corrected chi connectivity index (χ3v) is 3.35. The summed E-state index contributed by atoms with van der Waals surface area (Å²) in [6.45, 7) is 0.208. The molecule has 1 aliphatic rings. The number of pyridine rings is 1. The van der Waals surface area contributed by atoms with E-state index < -0.39 is 12.0 Å². The fourth-order valence-corrected chi connectivity index (χ4v) is 2.33. The summed E-state index contributed by atoms with van der Waals surface area (Å²) in [5.41, 5.74) is 1.86. The molecule has 102 valence electrons. The Kier molecular flexibility index (Phi) is 2.94. The number of nitrogens with zero attached hydrogens (tertiary/aromatic N) is 3. The van der Waals surface area contributed by atoms with Crippen LogP contribution in [-0.2, 0) is 17.8 Å². The zero-order valence-electron chi connectivity index (χ0n) is 10.5. The second-order valence-corrected chi connectivity index (χ2v) is 4.56. The van der Waals surface area contributed by atoms with E-state index in [1.165, 1.54) is 17.4 Å². The highest BCUT2D eigenvalue weighted by Gasteiger charge is 2.36. The molecule has 2 aromatic heterocycles. The Morgan fingerprint density at radius 1 is 1.45 bits per heavy atom. The van der Waals surface area contributed by atoms with Crippen LogP contribution in [0.1, 0.15) is 21.7 Å². The summed E-state index contributed by atoms with van der Waals surface area (Å²) in [6.07, 6.45) is 4.72.